The van der Waals surface area contributed by atoms with Gasteiger partial charge in [-0.2, -0.15) is 0 Å². The van der Waals surface area contributed by atoms with Crippen molar-refractivity contribution < 1.29 is 4.79 Å². The smallest absolute Gasteiger partial charge is 0.197 e. The highest BCUT2D eigenvalue weighted by Crippen LogP contribution is 2.18. The molecule has 0 aliphatic carbocycles. The molecule has 0 spiro atoms. The number of rotatable bonds is 2. The molecule has 0 amide bonds. The lowest BCUT2D eigenvalue weighted by molar-refractivity contribution is 0.0996. The Balaban J connectivity index is 2.68. The van der Waals surface area contributed by atoms with E-state index in [1.807, 2.05) is 0 Å². The first kappa shape index (κ1) is 9.29. The summed E-state index contributed by atoms with van der Waals surface area (Å²) in [7, 11) is 0. The number of hydrogen-bond acceptors (Lipinski definition) is 4. The highest BCUT2D eigenvalue weighted by molar-refractivity contribution is 9.10. The van der Waals surface area contributed by atoms with E-state index < -0.39 is 0 Å². The highest BCUT2D eigenvalue weighted by Gasteiger charge is 2.15. The summed E-state index contributed by atoms with van der Waals surface area (Å²) in [6.45, 7) is -0.0457. The lowest BCUT2D eigenvalue weighted by Crippen LogP contribution is -2.14. The Hall–Kier alpha value is -1.27. The summed E-state index contributed by atoms with van der Waals surface area (Å²) >= 11 is 3.29. The van der Waals surface area contributed by atoms with Crippen LogP contribution in [0.4, 0.5) is 0 Å². The van der Waals surface area contributed by atoms with Crippen LogP contribution in [0.5, 0.6) is 0 Å². The number of Topliss-reactive ketones (excluding diaryl/α,β-unsaturated/α-hetero) is 1. The number of aromatic nitrogens is 3. The maximum absolute atomic E-state index is 11.4. The van der Waals surface area contributed by atoms with Crippen LogP contribution in [0.3, 0.4) is 0 Å². The zero-order chi connectivity index (χ0) is 10.1. The molecule has 2 aromatic rings. The quantitative estimate of drug-likeness (QED) is 0.799. The van der Waals surface area contributed by atoms with Gasteiger partial charge in [0.25, 0.3) is 0 Å². The minimum Gasteiger partial charge on any atom is -0.324 e. The number of halogens is 1. The molecule has 72 valence electrons. The zero-order valence-electron chi connectivity index (χ0n) is 7.14. The molecule has 2 heterocycles. The third-order valence-corrected chi connectivity index (χ3v) is 2.58. The average molecular weight is 255 g/mol. The summed E-state index contributed by atoms with van der Waals surface area (Å²) in [5, 5.41) is 0. The van der Waals surface area contributed by atoms with Crippen molar-refractivity contribution in [3.8, 4) is 0 Å². The van der Waals surface area contributed by atoms with E-state index in [1.54, 1.807) is 23.0 Å². The molecule has 0 radical (unpaired) electrons. The summed E-state index contributed by atoms with van der Waals surface area (Å²) in [5.74, 6) is -0.194. The van der Waals surface area contributed by atoms with Gasteiger partial charge in [0.1, 0.15) is 10.3 Å². The van der Waals surface area contributed by atoms with Gasteiger partial charge in [0, 0.05) is 12.4 Å². The second kappa shape index (κ2) is 3.47. The number of ketones is 1. The molecule has 6 heteroatoms. The van der Waals surface area contributed by atoms with Crippen molar-refractivity contribution in [3.05, 3.63) is 28.9 Å². The van der Waals surface area contributed by atoms with E-state index in [1.165, 1.54) is 0 Å². The summed E-state index contributed by atoms with van der Waals surface area (Å²) in [6, 6.07) is 0. The molecule has 0 fully saturated rings. The van der Waals surface area contributed by atoms with Crippen LogP contribution in [0.1, 0.15) is 10.5 Å². The van der Waals surface area contributed by atoms with Gasteiger partial charge in [-0.1, -0.05) is 0 Å². The Morgan fingerprint density at radius 1 is 1.64 bits per heavy atom. The van der Waals surface area contributed by atoms with Crippen LogP contribution in [-0.4, -0.2) is 26.7 Å². The topological polar surface area (TPSA) is 73.3 Å². The fraction of sp³-hybridized carbons (Fsp3) is 0.125. The average Bonchev–Trinajstić information content (AvgIpc) is 2.56. The van der Waals surface area contributed by atoms with Gasteiger partial charge in [0.2, 0.25) is 0 Å². The molecule has 0 atom stereocenters. The minimum absolute atomic E-state index is 0.0457. The largest absolute Gasteiger partial charge is 0.324 e. The van der Waals surface area contributed by atoms with E-state index in [-0.39, 0.29) is 12.3 Å². The summed E-state index contributed by atoms with van der Waals surface area (Å²) in [6.07, 6.45) is 4.92. The van der Waals surface area contributed by atoms with Crippen molar-refractivity contribution in [3.63, 3.8) is 0 Å². The highest BCUT2D eigenvalue weighted by atomic mass is 79.9. The fourth-order valence-electron chi connectivity index (χ4n) is 1.15. The first-order chi connectivity index (χ1) is 6.74. The predicted octanol–water partition coefficient (Wildman–Crippen LogP) is 0.633. The third-order valence-electron chi connectivity index (χ3n) is 1.82. The first-order valence-corrected chi connectivity index (χ1v) is 4.74. The maximum Gasteiger partial charge on any atom is 0.197 e. The van der Waals surface area contributed by atoms with Crippen LogP contribution < -0.4 is 5.73 Å². The second-order valence-corrected chi connectivity index (χ2v) is 3.43. The fourth-order valence-corrected chi connectivity index (χ4v) is 1.76. The lowest BCUT2D eigenvalue weighted by Gasteiger charge is -1.93. The standard InChI is InChI=1S/C8H7BrN4O/c9-8-7(5(14)3-10)12-6-4-11-1-2-13(6)8/h1-2,4H,3,10H2. The molecule has 0 saturated heterocycles. The Bertz CT molecular complexity index is 493. The van der Waals surface area contributed by atoms with Crippen LogP contribution in [0.25, 0.3) is 5.65 Å². The summed E-state index contributed by atoms with van der Waals surface area (Å²) < 4.78 is 2.35. The lowest BCUT2D eigenvalue weighted by atomic mass is 10.3. The van der Waals surface area contributed by atoms with Gasteiger partial charge in [-0.15, -0.1) is 0 Å². The van der Waals surface area contributed by atoms with Crippen LogP contribution in [-0.2, 0) is 0 Å². The van der Waals surface area contributed by atoms with Crippen molar-refractivity contribution in [2.45, 2.75) is 0 Å². The Kier molecular flexibility index (Phi) is 2.30. The maximum atomic E-state index is 11.4. The molecule has 0 aliphatic heterocycles. The Labute approximate surface area is 88.1 Å². The van der Waals surface area contributed by atoms with Gasteiger partial charge in [-0.05, 0) is 15.9 Å². The Morgan fingerprint density at radius 2 is 2.43 bits per heavy atom. The van der Waals surface area contributed by atoms with E-state index in [4.69, 9.17) is 5.73 Å². The van der Waals surface area contributed by atoms with Crippen molar-refractivity contribution in [2.24, 2.45) is 5.73 Å². The van der Waals surface area contributed by atoms with Gasteiger partial charge >= 0.3 is 0 Å². The molecule has 2 rings (SSSR count). The van der Waals surface area contributed by atoms with Gasteiger partial charge in [0.05, 0.1) is 12.7 Å². The van der Waals surface area contributed by atoms with Crippen LogP contribution in [0.2, 0.25) is 0 Å². The Morgan fingerprint density at radius 3 is 3.07 bits per heavy atom. The number of fused-ring (bicyclic) bond motifs is 1. The number of carbonyl (C=O) groups is 1. The van der Waals surface area contributed by atoms with Gasteiger partial charge in [-0.25, -0.2) is 4.98 Å². The number of carbonyl (C=O) groups excluding carboxylic acids is 1. The van der Waals surface area contributed by atoms with Gasteiger partial charge < -0.3 is 5.73 Å². The zero-order valence-corrected chi connectivity index (χ0v) is 8.73. The molecular formula is C8H7BrN4O. The summed E-state index contributed by atoms with van der Waals surface area (Å²) in [5.41, 5.74) is 6.23. The molecule has 0 aromatic carbocycles. The minimum atomic E-state index is -0.194. The number of nitrogens with two attached hydrogens (primary N) is 1. The van der Waals surface area contributed by atoms with Crippen molar-refractivity contribution in [1.29, 1.82) is 0 Å². The molecule has 0 unspecified atom stereocenters. The molecule has 2 aromatic heterocycles. The number of imidazole rings is 1. The van der Waals surface area contributed by atoms with Crippen molar-refractivity contribution >= 4 is 27.4 Å². The molecule has 14 heavy (non-hydrogen) atoms. The normalized spacial score (nSPS) is 10.7. The number of nitrogens with zero attached hydrogens (tertiary/aromatic N) is 3. The summed E-state index contributed by atoms with van der Waals surface area (Å²) in [4.78, 5) is 19.4. The van der Waals surface area contributed by atoms with Crippen molar-refractivity contribution in [2.75, 3.05) is 6.54 Å². The van der Waals surface area contributed by atoms with Crippen LogP contribution in [0.15, 0.2) is 23.2 Å². The molecular weight excluding hydrogens is 248 g/mol. The predicted molar refractivity (Wildman–Crippen MR) is 54.1 cm³/mol. The number of hydrogen-bond donors (Lipinski definition) is 1. The SMILES string of the molecule is NCC(=O)c1nc2cnccn2c1Br. The van der Waals surface area contributed by atoms with Crippen LogP contribution >= 0.6 is 15.9 Å². The molecule has 2 N–H and O–H groups in total. The van der Waals surface area contributed by atoms with E-state index >= 15 is 0 Å². The first-order valence-electron chi connectivity index (χ1n) is 3.95. The van der Waals surface area contributed by atoms with Gasteiger partial charge in [0.15, 0.2) is 11.4 Å². The van der Waals surface area contributed by atoms with E-state index in [2.05, 4.69) is 25.9 Å². The second-order valence-electron chi connectivity index (χ2n) is 2.68. The van der Waals surface area contributed by atoms with Crippen molar-refractivity contribution in [1.82, 2.24) is 14.4 Å². The molecule has 5 nitrogen and oxygen atoms in total. The van der Waals surface area contributed by atoms with Gasteiger partial charge in [-0.3, -0.25) is 14.2 Å². The van der Waals surface area contributed by atoms with E-state index in [0.29, 0.717) is 15.9 Å². The molecule has 0 bridgehead atoms. The van der Waals surface area contributed by atoms with Crippen LogP contribution in [0, 0.1) is 0 Å². The molecule has 0 saturated carbocycles. The van der Waals surface area contributed by atoms with E-state index in [9.17, 15) is 4.79 Å². The monoisotopic (exact) mass is 254 g/mol. The molecule has 0 aliphatic rings. The van der Waals surface area contributed by atoms with E-state index in [0.717, 1.165) is 0 Å². The third kappa shape index (κ3) is 1.32.